The van der Waals surface area contributed by atoms with Gasteiger partial charge in [0.1, 0.15) is 0 Å². The van der Waals surface area contributed by atoms with Gasteiger partial charge in [-0.1, -0.05) is 16.1 Å². The highest BCUT2D eigenvalue weighted by molar-refractivity contribution is 7.05. The SMILES string of the molecule is CNC(c1snnc1C)c1c(Cl)cnn1CCN(C)C. The summed E-state index contributed by atoms with van der Waals surface area (Å²) >= 11 is 7.72. The molecule has 1 N–H and O–H groups in total. The van der Waals surface area contributed by atoms with E-state index in [1.54, 1.807) is 6.20 Å². The second-order valence-corrected chi connectivity index (χ2v) is 6.04. The maximum absolute atomic E-state index is 6.33. The van der Waals surface area contributed by atoms with E-state index < -0.39 is 0 Å². The quantitative estimate of drug-likeness (QED) is 0.877. The normalized spacial score (nSPS) is 13.1. The number of nitrogens with zero attached hydrogens (tertiary/aromatic N) is 5. The van der Waals surface area contributed by atoms with Crippen molar-refractivity contribution in [2.24, 2.45) is 0 Å². The molecule has 110 valence electrons. The van der Waals surface area contributed by atoms with Gasteiger partial charge >= 0.3 is 0 Å². The Labute approximate surface area is 127 Å². The molecular formula is C12H19ClN6S. The topological polar surface area (TPSA) is 58.9 Å². The largest absolute Gasteiger partial charge is 0.308 e. The smallest absolute Gasteiger partial charge is 0.0889 e. The Hall–Kier alpha value is -1.02. The van der Waals surface area contributed by atoms with Gasteiger partial charge in [-0.05, 0) is 39.6 Å². The maximum Gasteiger partial charge on any atom is 0.0889 e. The molecular weight excluding hydrogens is 296 g/mol. The molecule has 0 aliphatic rings. The van der Waals surface area contributed by atoms with Crippen molar-refractivity contribution in [2.75, 3.05) is 27.7 Å². The minimum absolute atomic E-state index is 0.0350. The number of nitrogens with one attached hydrogen (secondary N) is 1. The van der Waals surface area contributed by atoms with Gasteiger partial charge in [0.25, 0.3) is 0 Å². The molecule has 20 heavy (non-hydrogen) atoms. The Morgan fingerprint density at radius 3 is 2.80 bits per heavy atom. The van der Waals surface area contributed by atoms with E-state index in [2.05, 4.69) is 24.9 Å². The number of likely N-dealkylation sites (N-methyl/N-ethyl adjacent to an activating group) is 1. The van der Waals surface area contributed by atoms with E-state index in [9.17, 15) is 0 Å². The molecule has 1 atom stereocenters. The standard InChI is InChI=1S/C12H19ClN6S/c1-8-12(20-17-16-8)10(14-2)11-9(13)7-15-19(11)6-5-18(3)4/h7,10,14H,5-6H2,1-4H3. The lowest BCUT2D eigenvalue weighted by molar-refractivity contribution is 0.366. The molecule has 0 aromatic carbocycles. The predicted octanol–water partition coefficient (Wildman–Crippen LogP) is 1.57. The van der Waals surface area contributed by atoms with Crippen LogP contribution in [-0.2, 0) is 6.54 Å². The van der Waals surface area contributed by atoms with Gasteiger partial charge in [0, 0.05) is 6.54 Å². The first kappa shape index (κ1) is 15.4. The van der Waals surface area contributed by atoms with Gasteiger partial charge in [0.15, 0.2) is 0 Å². The summed E-state index contributed by atoms with van der Waals surface area (Å²) in [5.41, 5.74) is 1.89. The van der Waals surface area contributed by atoms with Crippen LogP contribution in [0.25, 0.3) is 0 Å². The van der Waals surface area contributed by atoms with Crippen molar-refractivity contribution in [3.8, 4) is 0 Å². The molecule has 2 rings (SSSR count). The van der Waals surface area contributed by atoms with E-state index >= 15 is 0 Å². The second-order valence-electron chi connectivity index (χ2n) is 4.85. The van der Waals surface area contributed by atoms with Gasteiger partial charge in [-0.25, -0.2) is 0 Å². The number of rotatable bonds is 6. The van der Waals surface area contributed by atoms with E-state index in [-0.39, 0.29) is 6.04 Å². The lowest BCUT2D eigenvalue weighted by atomic mass is 10.1. The van der Waals surface area contributed by atoms with Gasteiger partial charge in [-0.2, -0.15) is 5.10 Å². The van der Waals surface area contributed by atoms with Crippen LogP contribution >= 0.6 is 23.1 Å². The summed E-state index contributed by atoms with van der Waals surface area (Å²) in [7, 11) is 5.98. The molecule has 0 aliphatic heterocycles. The summed E-state index contributed by atoms with van der Waals surface area (Å²) in [5, 5.41) is 12.4. The van der Waals surface area contributed by atoms with E-state index in [0.29, 0.717) is 5.02 Å². The van der Waals surface area contributed by atoms with Crippen LogP contribution in [0.1, 0.15) is 22.3 Å². The fourth-order valence-corrected chi connectivity index (χ4v) is 3.04. The Bertz CT molecular complexity index is 564. The molecule has 0 fully saturated rings. The van der Waals surface area contributed by atoms with Gasteiger partial charge in [0.05, 0.1) is 40.1 Å². The van der Waals surface area contributed by atoms with Crippen LogP contribution in [0.15, 0.2) is 6.20 Å². The Kier molecular flexibility index (Phi) is 5.09. The highest BCUT2D eigenvalue weighted by Crippen LogP contribution is 2.31. The zero-order chi connectivity index (χ0) is 14.7. The van der Waals surface area contributed by atoms with Crippen LogP contribution in [0, 0.1) is 6.92 Å². The molecule has 0 bridgehead atoms. The van der Waals surface area contributed by atoms with E-state index in [1.165, 1.54) is 11.5 Å². The fraction of sp³-hybridized carbons (Fsp3) is 0.583. The number of hydrogen-bond donors (Lipinski definition) is 1. The third-order valence-corrected chi connectivity index (χ3v) is 4.29. The molecule has 1 unspecified atom stereocenters. The highest BCUT2D eigenvalue weighted by Gasteiger charge is 2.24. The lowest BCUT2D eigenvalue weighted by Gasteiger charge is -2.18. The molecule has 0 amide bonds. The van der Waals surface area contributed by atoms with E-state index in [4.69, 9.17) is 11.6 Å². The van der Waals surface area contributed by atoms with Crippen molar-refractivity contribution < 1.29 is 0 Å². The summed E-state index contributed by atoms with van der Waals surface area (Å²) in [6.45, 7) is 3.65. The van der Waals surface area contributed by atoms with Crippen molar-refractivity contribution in [2.45, 2.75) is 19.5 Å². The number of hydrogen-bond acceptors (Lipinski definition) is 6. The predicted molar refractivity (Wildman–Crippen MR) is 81.3 cm³/mol. The first-order valence-electron chi connectivity index (χ1n) is 6.36. The molecule has 2 heterocycles. The minimum Gasteiger partial charge on any atom is -0.308 e. The average molecular weight is 315 g/mol. The van der Waals surface area contributed by atoms with Crippen LogP contribution in [0.5, 0.6) is 0 Å². The zero-order valence-corrected chi connectivity index (χ0v) is 13.7. The molecule has 0 aliphatic carbocycles. The number of aryl methyl sites for hydroxylation is 1. The van der Waals surface area contributed by atoms with Gasteiger partial charge in [-0.3, -0.25) is 4.68 Å². The van der Waals surface area contributed by atoms with Crippen LogP contribution in [-0.4, -0.2) is 52.0 Å². The van der Waals surface area contributed by atoms with Crippen molar-refractivity contribution in [1.82, 2.24) is 29.6 Å². The van der Waals surface area contributed by atoms with Crippen molar-refractivity contribution in [1.29, 1.82) is 0 Å². The molecule has 8 heteroatoms. The minimum atomic E-state index is -0.0350. The third kappa shape index (κ3) is 3.17. The summed E-state index contributed by atoms with van der Waals surface area (Å²) in [5.74, 6) is 0. The monoisotopic (exact) mass is 314 g/mol. The fourth-order valence-electron chi connectivity index (χ4n) is 2.03. The molecule has 0 spiro atoms. The second kappa shape index (κ2) is 6.62. The van der Waals surface area contributed by atoms with Crippen LogP contribution in [0.4, 0.5) is 0 Å². The first-order valence-corrected chi connectivity index (χ1v) is 7.51. The molecule has 0 radical (unpaired) electrons. The zero-order valence-electron chi connectivity index (χ0n) is 12.1. The van der Waals surface area contributed by atoms with E-state index in [0.717, 1.165) is 29.4 Å². The molecule has 2 aromatic heterocycles. The van der Waals surface area contributed by atoms with Gasteiger partial charge in [-0.15, -0.1) is 5.10 Å². The maximum atomic E-state index is 6.33. The van der Waals surface area contributed by atoms with Crippen molar-refractivity contribution in [3.63, 3.8) is 0 Å². The Morgan fingerprint density at radius 2 is 2.25 bits per heavy atom. The molecule has 6 nitrogen and oxygen atoms in total. The van der Waals surface area contributed by atoms with Crippen LogP contribution in [0.2, 0.25) is 5.02 Å². The van der Waals surface area contributed by atoms with Gasteiger partial charge < -0.3 is 10.2 Å². The molecule has 0 saturated heterocycles. The van der Waals surface area contributed by atoms with Gasteiger partial charge in [0.2, 0.25) is 0 Å². The Morgan fingerprint density at radius 1 is 1.50 bits per heavy atom. The Balaban J connectivity index is 2.34. The lowest BCUT2D eigenvalue weighted by Crippen LogP contribution is -2.25. The average Bonchev–Trinajstić information content (AvgIpc) is 2.97. The van der Waals surface area contributed by atoms with Crippen molar-refractivity contribution in [3.05, 3.63) is 27.5 Å². The summed E-state index contributed by atoms with van der Waals surface area (Å²) in [4.78, 5) is 3.19. The molecule has 0 saturated carbocycles. The molecule has 2 aromatic rings. The third-order valence-electron chi connectivity index (χ3n) is 3.10. The van der Waals surface area contributed by atoms with Crippen LogP contribution in [0.3, 0.4) is 0 Å². The first-order chi connectivity index (χ1) is 9.54. The number of aromatic nitrogens is 4. The number of halogens is 1. The highest BCUT2D eigenvalue weighted by atomic mass is 35.5. The summed E-state index contributed by atoms with van der Waals surface area (Å²) in [6.07, 6.45) is 1.70. The van der Waals surface area contributed by atoms with E-state index in [1.807, 2.05) is 32.7 Å². The van der Waals surface area contributed by atoms with Crippen molar-refractivity contribution >= 4 is 23.1 Å². The summed E-state index contributed by atoms with van der Waals surface area (Å²) in [6, 6.07) is -0.0350. The van der Waals surface area contributed by atoms with Crippen LogP contribution < -0.4 is 5.32 Å². The summed E-state index contributed by atoms with van der Waals surface area (Å²) < 4.78 is 5.95.